The molecular weight excluding hydrogens is 184 g/mol. The van der Waals surface area contributed by atoms with E-state index < -0.39 is 0 Å². The topological polar surface area (TPSA) is 9.23 Å². The Morgan fingerprint density at radius 3 is 2.38 bits per heavy atom. The lowest BCUT2D eigenvalue weighted by Crippen LogP contribution is -2.06. The third kappa shape index (κ3) is 8.58. The molecule has 13 heavy (non-hydrogen) atoms. The Morgan fingerprint density at radius 1 is 1.23 bits per heavy atom. The summed E-state index contributed by atoms with van der Waals surface area (Å²) in [5, 5.41) is 0. The summed E-state index contributed by atoms with van der Waals surface area (Å²) in [5.41, 5.74) is 0. The third-order valence-corrected chi connectivity index (χ3v) is 2.67. The highest BCUT2D eigenvalue weighted by atomic mass is 35.5. The second-order valence-electron chi connectivity index (χ2n) is 4.14. The molecule has 0 aliphatic rings. The number of unbranched alkanes of at least 4 members (excludes halogenated alkanes) is 1. The van der Waals surface area contributed by atoms with E-state index in [1.165, 1.54) is 25.7 Å². The van der Waals surface area contributed by atoms with Gasteiger partial charge in [0.05, 0.1) is 0 Å². The summed E-state index contributed by atoms with van der Waals surface area (Å²) in [6.45, 7) is 5.40. The fraction of sp³-hybridized carbons (Fsp3) is 1.00. The molecule has 1 atom stereocenters. The lowest BCUT2D eigenvalue weighted by Gasteiger charge is -2.15. The van der Waals surface area contributed by atoms with E-state index in [0.29, 0.717) is 5.92 Å². The minimum atomic E-state index is 0.707. The van der Waals surface area contributed by atoms with Crippen molar-refractivity contribution in [2.45, 2.75) is 39.5 Å². The first kappa shape index (κ1) is 13.2. The molecule has 0 aromatic carbocycles. The van der Waals surface area contributed by atoms with Crippen molar-refractivity contribution in [2.75, 3.05) is 19.6 Å². The summed E-state index contributed by atoms with van der Waals surface area (Å²) in [6.07, 6.45) is 4.93. The average Bonchev–Trinajstić information content (AvgIpc) is 2.09. The second kappa shape index (κ2) is 8.83. The molecule has 2 heteroatoms. The maximum absolute atomic E-state index is 5.89. The highest BCUT2D eigenvalue weighted by molar-refractivity contribution is 6.18. The summed E-state index contributed by atoms with van der Waals surface area (Å²) in [4.78, 5) is 0. The minimum Gasteiger partial charge on any atom is -0.385 e. The van der Waals surface area contributed by atoms with Gasteiger partial charge in [-0.1, -0.05) is 20.3 Å². The lowest BCUT2D eigenvalue weighted by molar-refractivity contribution is 0.190. The predicted octanol–water partition coefficient (Wildman–Crippen LogP) is 3.70. The van der Waals surface area contributed by atoms with E-state index in [1.807, 2.05) is 0 Å². The molecule has 0 aliphatic carbocycles. The van der Waals surface area contributed by atoms with E-state index in [9.17, 15) is 0 Å². The summed E-state index contributed by atoms with van der Waals surface area (Å²) in [7, 11) is 1.76. The molecule has 0 bridgehead atoms. The van der Waals surface area contributed by atoms with Gasteiger partial charge in [-0.05, 0) is 31.1 Å². The van der Waals surface area contributed by atoms with Crippen molar-refractivity contribution in [3.8, 4) is 0 Å². The molecular formula is C11H23ClO. The molecule has 0 N–H and O–H groups in total. The van der Waals surface area contributed by atoms with Crippen molar-refractivity contribution in [3.63, 3.8) is 0 Å². The van der Waals surface area contributed by atoms with Gasteiger partial charge < -0.3 is 4.74 Å². The van der Waals surface area contributed by atoms with Crippen LogP contribution >= 0.6 is 11.6 Å². The van der Waals surface area contributed by atoms with Crippen LogP contribution in [0.15, 0.2) is 0 Å². The molecule has 0 aliphatic heterocycles. The zero-order valence-electron chi connectivity index (χ0n) is 9.18. The number of halogens is 1. The summed E-state index contributed by atoms with van der Waals surface area (Å²) < 4.78 is 5.01. The number of alkyl halides is 1. The van der Waals surface area contributed by atoms with E-state index >= 15 is 0 Å². The van der Waals surface area contributed by atoms with Crippen LogP contribution in [0, 0.1) is 11.8 Å². The van der Waals surface area contributed by atoms with Gasteiger partial charge in [0.1, 0.15) is 0 Å². The number of rotatable bonds is 8. The van der Waals surface area contributed by atoms with Crippen molar-refractivity contribution in [1.82, 2.24) is 0 Å². The van der Waals surface area contributed by atoms with Crippen molar-refractivity contribution < 1.29 is 4.74 Å². The van der Waals surface area contributed by atoms with Crippen molar-refractivity contribution in [3.05, 3.63) is 0 Å². The van der Waals surface area contributed by atoms with Gasteiger partial charge >= 0.3 is 0 Å². The van der Waals surface area contributed by atoms with Crippen LogP contribution < -0.4 is 0 Å². The van der Waals surface area contributed by atoms with Gasteiger partial charge in [0.2, 0.25) is 0 Å². The largest absolute Gasteiger partial charge is 0.385 e. The SMILES string of the molecule is COCCCCC(CCl)CC(C)C. The molecule has 0 heterocycles. The molecule has 0 fully saturated rings. The van der Waals surface area contributed by atoms with Crippen LogP contribution in [0.3, 0.4) is 0 Å². The van der Waals surface area contributed by atoms with E-state index in [1.54, 1.807) is 7.11 Å². The Hall–Kier alpha value is 0.250. The summed E-state index contributed by atoms with van der Waals surface area (Å²) in [6, 6.07) is 0. The van der Waals surface area contributed by atoms with E-state index in [-0.39, 0.29) is 0 Å². The van der Waals surface area contributed by atoms with E-state index in [2.05, 4.69) is 13.8 Å². The Bertz CT molecular complexity index is 104. The normalized spacial score (nSPS) is 13.6. The van der Waals surface area contributed by atoms with Crippen LogP contribution in [-0.2, 0) is 4.74 Å². The van der Waals surface area contributed by atoms with Gasteiger partial charge in [-0.25, -0.2) is 0 Å². The Kier molecular flexibility index (Phi) is 9.00. The second-order valence-corrected chi connectivity index (χ2v) is 4.45. The van der Waals surface area contributed by atoms with Gasteiger partial charge in [0.25, 0.3) is 0 Å². The minimum absolute atomic E-state index is 0.707. The average molecular weight is 207 g/mol. The third-order valence-electron chi connectivity index (χ3n) is 2.23. The first-order chi connectivity index (χ1) is 6.20. The molecule has 80 valence electrons. The van der Waals surface area contributed by atoms with Crippen molar-refractivity contribution in [2.24, 2.45) is 11.8 Å². The Morgan fingerprint density at radius 2 is 1.92 bits per heavy atom. The van der Waals surface area contributed by atoms with Crippen LogP contribution in [0.5, 0.6) is 0 Å². The smallest absolute Gasteiger partial charge is 0.0462 e. The van der Waals surface area contributed by atoms with E-state index in [0.717, 1.165) is 18.4 Å². The van der Waals surface area contributed by atoms with Crippen LogP contribution in [0.1, 0.15) is 39.5 Å². The fourth-order valence-corrected chi connectivity index (χ4v) is 1.88. The maximum Gasteiger partial charge on any atom is 0.0462 e. The van der Waals surface area contributed by atoms with Crippen molar-refractivity contribution >= 4 is 11.6 Å². The number of hydrogen-bond donors (Lipinski definition) is 0. The first-order valence-electron chi connectivity index (χ1n) is 5.25. The van der Waals surface area contributed by atoms with Crippen LogP contribution in [0.2, 0.25) is 0 Å². The quantitative estimate of drug-likeness (QED) is 0.435. The predicted molar refractivity (Wildman–Crippen MR) is 59.4 cm³/mol. The summed E-state index contributed by atoms with van der Waals surface area (Å²) >= 11 is 5.89. The molecule has 0 saturated heterocycles. The zero-order chi connectivity index (χ0) is 10.1. The zero-order valence-corrected chi connectivity index (χ0v) is 9.94. The number of hydrogen-bond acceptors (Lipinski definition) is 1. The highest BCUT2D eigenvalue weighted by Gasteiger charge is 2.08. The van der Waals surface area contributed by atoms with Crippen LogP contribution in [0.4, 0.5) is 0 Å². The summed E-state index contributed by atoms with van der Waals surface area (Å²) in [5.74, 6) is 2.29. The number of ether oxygens (including phenoxy) is 1. The first-order valence-corrected chi connectivity index (χ1v) is 5.79. The molecule has 0 radical (unpaired) electrons. The van der Waals surface area contributed by atoms with Crippen LogP contribution in [-0.4, -0.2) is 19.6 Å². The number of methoxy groups -OCH3 is 1. The Labute approximate surface area is 87.8 Å². The van der Waals surface area contributed by atoms with Crippen LogP contribution in [0.25, 0.3) is 0 Å². The lowest BCUT2D eigenvalue weighted by atomic mass is 9.94. The van der Waals surface area contributed by atoms with Gasteiger partial charge in [-0.15, -0.1) is 11.6 Å². The Balaban J connectivity index is 3.36. The van der Waals surface area contributed by atoms with Gasteiger partial charge in [0, 0.05) is 19.6 Å². The molecule has 0 amide bonds. The van der Waals surface area contributed by atoms with E-state index in [4.69, 9.17) is 16.3 Å². The molecule has 0 spiro atoms. The van der Waals surface area contributed by atoms with Gasteiger partial charge in [-0.3, -0.25) is 0 Å². The maximum atomic E-state index is 5.89. The van der Waals surface area contributed by atoms with Gasteiger partial charge in [-0.2, -0.15) is 0 Å². The molecule has 0 aromatic rings. The monoisotopic (exact) mass is 206 g/mol. The standard InChI is InChI=1S/C11H23ClO/c1-10(2)8-11(9-12)6-4-5-7-13-3/h10-11H,4-9H2,1-3H3. The molecule has 0 saturated carbocycles. The molecule has 1 nitrogen and oxygen atoms in total. The van der Waals surface area contributed by atoms with Gasteiger partial charge in [0.15, 0.2) is 0 Å². The highest BCUT2D eigenvalue weighted by Crippen LogP contribution is 2.19. The molecule has 0 aromatic heterocycles. The van der Waals surface area contributed by atoms with Crippen molar-refractivity contribution in [1.29, 1.82) is 0 Å². The molecule has 1 unspecified atom stereocenters. The molecule has 0 rings (SSSR count). The fourth-order valence-electron chi connectivity index (χ4n) is 1.60.